The molecule has 2 rings (SSSR count). The van der Waals surface area contributed by atoms with Gasteiger partial charge in [0.1, 0.15) is 0 Å². The third-order valence-electron chi connectivity index (χ3n) is 5.05. The second-order valence-corrected chi connectivity index (χ2v) is 7.80. The molecule has 1 atom stereocenters. The number of carbonyl (C=O) groups is 2. The number of anilines is 1. The molecule has 1 aromatic carbocycles. The van der Waals surface area contributed by atoms with Gasteiger partial charge in [-0.3, -0.25) is 19.4 Å². The van der Waals surface area contributed by atoms with E-state index >= 15 is 0 Å². The van der Waals surface area contributed by atoms with Gasteiger partial charge >= 0.3 is 0 Å². The van der Waals surface area contributed by atoms with Crippen molar-refractivity contribution in [2.75, 3.05) is 52.1 Å². The number of carbonyl (C=O) groups excluding carboxylic acids is 2. The summed E-state index contributed by atoms with van der Waals surface area (Å²) >= 11 is 6.13. The molecule has 2 amide bonds. The van der Waals surface area contributed by atoms with Crippen LogP contribution in [0, 0.1) is 6.92 Å². The molecule has 150 valence electrons. The van der Waals surface area contributed by atoms with Crippen LogP contribution in [0.3, 0.4) is 0 Å². The minimum atomic E-state index is -0.137. The average Bonchev–Trinajstić information content (AvgIpc) is 3.05. The Hall–Kier alpha value is -1.63. The lowest BCUT2D eigenvalue weighted by molar-refractivity contribution is -0.130. The monoisotopic (exact) mass is 394 g/mol. The zero-order valence-corrected chi connectivity index (χ0v) is 17.6. The first kappa shape index (κ1) is 21.7. The van der Waals surface area contributed by atoms with Crippen LogP contribution in [0.15, 0.2) is 18.2 Å². The van der Waals surface area contributed by atoms with Crippen molar-refractivity contribution in [1.82, 2.24) is 14.7 Å². The van der Waals surface area contributed by atoms with E-state index in [9.17, 15) is 9.59 Å². The van der Waals surface area contributed by atoms with Crippen molar-refractivity contribution in [1.29, 1.82) is 0 Å². The van der Waals surface area contributed by atoms with E-state index in [4.69, 9.17) is 11.6 Å². The molecular weight excluding hydrogens is 364 g/mol. The SMILES string of the molecule is CCN1CCC[C@@H]1CN(CC(=O)Nc1ccc(C)c(Cl)c1)CC(=O)N(C)C. The highest BCUT2D eigenvalue weighted by Gasteiger charge is 2.27. The Morgan fingerprint density at radius 3 is 2.67 bits per heavy atom. The van der Waals surface area contributed by atoms with E-state index in [1.807, 2.05) is 24.0 Å². The number of aryl methyl sites for hydroxylation is 1. The number of rotatable bonds is 8. The summed E-state index contributed by atoms with van der Waals surface area (Å²) in [5.41, 5.74) is 1.64. The summed E-state index contributed by atoms with van der Waals surface area (Å²) in [6, 6.07) is 5.86. The molecule has 27 heavy (non-hydrogen) atoms. The number of benzene rings is 1. The summed E-state index contributed by atoms with van der Waals surface area (Å²) in [6.45, 7) is 7.29. The van der Waals surface area contributed by atoms with Gasteiger partial charge in [-0.25, -0.2) is 0 Å². The Morgan fingerprint density at radius 2 is 2.04 bits per heavy atom. The van der Waals surface area contributed by atoms with Crippen LogP contribution in [-0.2, 0) is 9.59 Å². The van der Waals surface area contributed by atoms with Crippen molar-refractivity contribution in [2.24, 2.45) is 0 Å². The first-order valence-corrected chi connectivity index (χ1v) is 9.90. The summed E-state index contributed by atoms with van der Waals surface area (Å²) in [5.74, 6) is -0.134. The second-order valence-electron chi connectivity index (χ2n) is 7.39. The first-order valence-electron chi connectivity index (χ1n) is 9.52. The summed E-state index contributed by atoms with van der Waals surface area (Å²) < 4.78 is 0. The Labute approximate surface area is 167 Å². The van der Waals surface area contributed by atoms with Crippen LogP contribution in [0.2, 0.25) is 5.02 Å². The maximum Gasteiger partial charge on any atom is 0.238 e. The number of hydrogen-bond donors (Lipinski definition) is 1. The number of amides is 2. The highest BCUT2D eigenvalue weighted by atomic mass is 35.5. The molecule has 1 fully saturated rings. The molecule has 0 aliphatic carbocycles. The van der Waals surface area contributed by atoms with Gasteiger partial charge in [-0.05, 0) is 50.6 Å². The van der Waals surface area contributed by atoms with Gasteiger partial charge in [0, 0.05) is 37.4 Å². The summed E-state index contributed by atoms with van der Waals surface area (Å²) in [4.78, 5) is 30.7. The van der Waals surface area contributed by atoms with Gasteiger partial charge in [0.2, 0.25) is 11.8 Å². The predicted molar refractivity (Wildman–Crippen MR) is 110 cm³/mol. The number of nitrogens with one attached hydrogen (secondary N) is 1. The van der Waals surface area contributed by atoms with Gasteiger partial charge in [0.15, 0.2) is 0 Å². The average molecular weight is 395 g/mol. The van der Waals surface area contributed by atoms with Gasteiger partial charge in [-0.1, -0.05) is 24.6 Å². The van der Waals surface area contributed by atoms with E-state index in [1.165, 1.54) is 6.42 Å². The Balaban J connectivity index is 2.01. The van der Waals surface area contributed by atoms with Crippen LogP contribution in [0.25, 0.3) is 0 Å². The van der Waals surface area contributed by atoms with Crippen LogP contribution in [-0.4, -0.2) is 79.4 Å². The van der Waals surface area contributed by atoms with Crippen LogP contribution >= 0.6 is 11.6 Å². The zero-order valence-electron chi connectivity index (χ0n) is 16.8. The van der Waals surface area contributed by atoms with E-state index in [-0.39, 0.29) is 24.9 Å². The lowest BCUT2D eigenvalue weighted by Crippen LogP contribution is -2.47. The van der Waals surface area contributed by atoms with Crippen molar-refractivity contribution in [3.63, 3.8) is 0 Å². The van der Waals surface area contributed by atoms with Crippen molar-refractivity contribution < 1.29 is 9.59 Å². The molecule has 1 N–H and O–H groups in total. The maximum atomic E-state index is 12.6. The standard InChI is InChI=1S/C20H31ClN4O2/c1-5-25-10-6-7-17(25)12-24(14-20(27)23(3)4)13-19(26)22-16-9-8-15(2)18(21)11-16/h8-9,11,17H,5-7,10,12-14H2,1-4H3,(H,22,26)/t17-/m1/s1. The van der Waals surface area contributed by atoms with Crippen LogP contribution < -0.4 is 5.32 Å². The van der Waals surface area contributed by atoms with E-state index < -0.39 is 0 Å². The Bertz CT molecular complexity index is 665. The first-order chi connectivity index (χ1) is 12.8. The van der Waals surface area contributed by atoms with Gasteiger partial charge in [-0.2, -0.15) is 0 Å². The highest BCUT2D eigenvalue weighted by molar-refractivity contribution is 6.31. The molecule has 0 aromatic heterocycles. The molecule has 7 heteroatoms. The normalized spacial score (nSPS) is 17.3. The van der Waals surface area contributed by atoms with Crippen LogP contribution in [0.4, 0.5) is 5.69 Å². The van der Waals surface area contributed by atoms with Gasteiger partial charge < -0.3 is 10.2 Å². The second kappa shape index (κ2) is 10.1. The van der Waals surface area contributed by atoms with Crippen molar-refractivity contribution in [2.45, 2.75) is 32.7 Å². The van der Waals surface area contributed by atoms with E-state index in [0.717, 1.165) is 31.6 Å². The molecule has 0 bridgehead atoms. The molecule has 1 heterocycles. The minimum absolute atomic E-state index is 0.00206. The third-order valence-corrected chi connectivity index (χ3v) is 5.46. The molecule has 6 nitrogen and oxygen atoms in total. The fourth-order valence-electron chi connectivity index (χ4n) is 3.41. The van der Waals surface area contributed by atoms with Gasteiger partial charge in [0.05, 0.1) is 13.1 Å². The number of halogens is 1. The highest BCUT2D eigenvalue weighted by Crippen LogP contribution is 2.20. The molecule has 0 unspecified atom stereocenters. The van der Waals surface area contributed by atoms with Crippen molar-refractivity contribution >= 4 is 29.1 Å². The van der Waals surface area contributed by atoms with Gasteiger partial charge in [0.25, 0.3) is 0 Å². The lowest BCUT2D eigenvalue weighted by Gasteiger charge is -2.30. The third kappa shape index (κ3) is 6.48. The van der Waals surface area contributed by atoms with Crippen molar-refractivity contribution in [3.8, 4) is 0 Å². The van der Waals surface area contributed by atoms with E-state index in [1.54, 1.807) is 25.1 Å². The quantitative estimate of drug-likeness (QED) is 0.735. The fourth-order valence-corrected chi connectivity index (χ4v) is 3.59. The fraction of sp³-hybridized carbons (Fsp3) is 0.600. The molecule has 0 radical (unpaired) electrons. The predicted octanol–water partition coefficient (Wildman–Crippen LogP) is 2.46. The van der Waals surface area contributed by atoms with E-state index in [2.05, 4.69) is 17.1 Å². The largest absolute Gasteiger partial charge is 0.348 e. The maximum absolute atomic E-state index is 12.6. The van der Waals surface area contributed by atoms with Crippen LogP contribution in [0.5, 0.6) is 0 Å². The van der Waals surface area contributed by atoms with Gasteiger partial charge in [-0.15, -0.1) is 0 Å². The molecule has 1 saturated heterocycles. The molecular formula is C20H31ClN4O2. The number of likely N-dealkylation sites (tertiary alicyclic amines) is 1. The number of nitrogens with zero attached hydrogens (tertiary/aromatic N) is 3. The summed E-state index contributed by atoms with van der Waals surface area (Å²) in [5, 5.41) is 3.51. The molecule has 0 saturated carbocycles. The molecule has 1 aromatic rings. The smallest absolute Gasteiger partial charge is 0.238 e. The number of likely N-dealkylation sites (N-methyl/N-ethyl adjacent to an activating group) is 2. The topological polar surface area (TPSA) is 55.9 Å². The zero-order chi connectivity index (χ0) is 20.0. The Kier molecular flexibility index (Phi) is 8.07. The molecule has 1 aliphatic rings. The van der Waals surface area contributed by atoms with E-state index in [0.29, 0.717) is 16.8 Å². The minimum Gasteiger partial charge on any atom is -0.348 e. The summed E-state index contributed by atoms with van der Waals surface area (Å²) in [7, 11) is 3.48. The Morgan fingerprint density at radius 1 is 1.30 bits per heavy atom. The molecule has 1 aliphatic heterocycles. The van der Waals surface area contributed by atoms with Crippen molar-refractivity contribution in [3.05, 3.63) is 28.8 Å². The number of hydrogen-bond acceptors (Lipinski definition) is 4. The lowest BCUT2D eigenvalue weighted by atomic mass is 10.2. The van der Waals surface area contributed by atoms with Crippen LogP contribution in [0.1, 0.15) is 25.3 Å². The molecule has 0 spiro atoms. The summed E-state index contributed by atoms with van der Waals surface area (Å²) in [6.07, 6.45) is 2.28.